The number of nitriles is 1. The fourth-order valence-electron chi connectivity index (χ4n) is 5.41. The number of hydrogen-bond donors (Lipinski definition) is 0. The second-order valence-electron chi connectivity index (χ2n) is 10.9. The SMILES string of the molecule is CC.COC(=O)c1ccc2nc(CN3CCC(Oc4cc(COc5ccc(C#N)cc5F)ncc4F)CC3)n(CC3CCO3)c2c1. The van der Waals surface area contributed by atoms with Crippen LogP contribution >= 0.6 is 0 Å². The molecule has 242 valence electrons. The molecule has 1 unspecified atom stereocenters. The molecule has 2 saturated heterocycles. The number of halogens is 2. The number of methoxy groups -OCH3 is 1. The summed E-state index contributed by atoms with van der Waals surface area (Å²) in [4.78, 5) is 23.4. The van der Waals surface area contributed by atoms with Gasteiger partial charge in [-0.05, 0) is 55.7 Å². The van der Waals surface area contributed by atoms with Crippen molar-refractivity contribution in [2.75, 3.05) is 26.8 Å². The van der Waals surface area contributed by atoms with Crippen molar-refractivity contribution in [2.45, 2.75) is 65.0 Å². The number of esters is 1. The fraction of sp³-hybridized carbons (Fsp3) is 0.412. The van der Waals surface area contributed by atoms with E-state index in [9.17, 15) is 13.6 Å². The molecule has 2 aliphatic rings. The zero-order chi connectivity index (χ0) is 32.6. The van der Waals surface area contributed by atoms with Crippen molar-refractivity contribution in [1.29, 1.82) is 5.26 Å². The van der Waals surface area contributed by atoms with Gasteiger partial charge < -0.3 is 23.5 Å². The molecule has 2 fully saturated rings. The minimum Gasteiger partial charge on any atom is -0.487 e. The monoisotopic (exact) mass is 633 g/mol. The summed E-state index contributed by atoms with van der Waals surface area (Å²) in [7, 11) is 1.36. The molecule has 2 aromatic carbocycles. The predicted molar refractivity (Wildman–Crippen MR) is 165 cm³/mol. The van der Waals surface area contributed by atoms with E-state index in [2.05, 4.69) is 14.5 Å². The average Bonchev–Trinajstić information content (AvgIpc) is 3.40. The van der Waals surface area contributed by atoms with Crippen LogP contribution in [0.2, 0.25) is 0 Å². The molecule has 4 heterocycles. The van der Waals surface area contributed by atoms with E-state index in [0.29, 0.717) is 37.2 Å². The number of hydrogen-bond acceptors (Lipinski definition) is 9. The molecule has 46 heavy (non-hydrogen) atoms. The normalized spacial score (nSPS) is 16.6. The van der Waals surface area contributed by atoms with E-state index < -0.39 is 17.6 Å². The average molecular weight is 634 g/mol. The van der Waals surface area contributed by atoms with Crippen LogP contribution in [-0.4, -0.2) is 64.4 Å². The number of fused-ring (bicyclic) bond motifs is 1. The molecule has 1 atom stereocenters. The van der Waals surface area contributed by atoms with Crippen molar-refractivity contribution < 1.29 is 32.5 Å². The summed E-state index contributed by atoms with van der Waals surface area (Å²) in [5, 5.41) is 8.90. The zero-order valence-corrected chi connectivity index (χ0v) is 26.2. The molecule has 2 aliphatic heterocycles. The zero-order valence-electron chi connectivity index (χ0n) is 26.2. The van der Waals surface area contributed by atoms with Gasteiger partial charge >= 0.3 is 5.97 Å². The van der Waals surface area contributed by atoms with E-state index in [1.54, 1.807) is 6.07 Å². The van der Waals surface area contributed by atoms with Crippen LogP contribution in [-0.2, 0) is 29.2 Å². The second kappa shape index (κ2) is 15.1. The number of benzene rings is 2. The molecule has 0 saturated carbocycles. The lowest BCUT2D eigenvalue weighted by atomic mass is 10.1. The van der Waals surface area contributed by atoms with E-state index in [-0.39, 0.29) is 35.9 Å². The van der Waals surface area contributed by atoms with Gasteiger partial charge in [0.25, 0.3) is 0 Å². The standard InChI is InChI=1S/C32H31F2N5O5.C2H6/c1-41-32(40)21-3-4-27-28(13-21)39(17-24-8-11-42-24)31(37-27)18-38-9-6-23(7-10-38)44-30-14-22(36-16-26(30)34)19-43-29-5-2-20(15-35)12-25(29)33;1-2/h2-5,12-14,16,23-24H,6-11,17-19H2,1H3;1-2H3. The molecule has 0 N–H and O–H groups in total. The van der Waals surface area contributed by atoms with Crippen LogP contribution in [0.5, 0.6) is 11.5 Å². The van der Waals surface area contributed by atoms with E-state index in [1.807, 2.05) is 32.0 Å². The number of ether oxygens (including phenoxy) is 4. The molecule has 6 rings (SSSR count). The third kappa shape index (κ3) is 7.61. The summed E-state index contributed by atoms with van der Waals surface area (Å²) in [6.45, 7) is 7.37. The number of carbonyl (C=O) groups excluding carboxylic acids is 1. The fourth-order valence-corrected chi connectivity index (χ4v) is 5.41. The Morgan fingerprint density at radius 2 is 1.85 bits per heavy atom. The quantitative estimate of drug-likeness (QED) is 0.200. The van der Waals surface area contributed by atoms with Crippen LogP contribution in [0.1, 0.15) is 60.5 Å². The van der Waals surface area contributed by atoms with Gasteiger partial charge in [-0.2, -0.15) is 5.26 Å². The Hall–Kier alpha value is -4.60. The minimum atomic E-state index is -0.660. The lowest BCUT2D eigenvalue weighted by molar-refractivity contribution is -0.0592. The van der Waals surface area contributed by atoms with Gasteiger partial charge in [0.2, 0.25) is 0 Å². The van der Waals surface area contributed by atoms with Crippen molar-refractivity contribution in [1.82, 2.24) is 19.4 Å². The summed E-state index contributed by atoms with van der Waals surface area (Å²) in [6.07, 6.45) is 3.33. The van der Waals surface area contributed by atoms with Gasteiger partial charge in [-0.3, -0.25) is 9.88 Å². The number of aromatic nitrogens is 3. The highest BCUT2D eigenvalue weighted by Gasteiger charge is 2.26. The highest BCUT2D eigenvalue weighted by atomic mass is 19.1. The number of pyridine rings is 1. The van der Waals surface area contributed by atoms with Gasteiger partial charge in [0, 0.05) is 25.8 Å². The maximum atomic E-state index is 14.6. The van der Waals surface area contributed by atoms with Gasteiger partial charge in [0.1, 0.15) is 18.5 Å². The van der Waals surface area contributed by atoms with Crippen LogP contribution in [0, 0.1) is 23.0 Å². The number of rotatable bonds is 10. The third-order valence-electron chi connectivity index (χ3n) is 7.93. The minimum absolute atomic E-state index is 0.0254. The van der Waals surface area contributed by atoms with E-state index in [0.717, 1.165) is 55.2 Å². The topological polar surface area (TPSA) is 112 Å². The number of nitrogens with zero attached hydrogens (tertiary/aromatic N) is 5. The summed E-state index contributed by atoms with van der Waals surface area (Å²) < 4.78 is 53.0. The van der Waals surface area contributed by atoms with Crippen LogP contribution < -0.4 is 9.47 Å². The van der Waals surface area contributed by atoms with Gasteiger partial charge in [-0.15, -0.1) is 0 Å². The lowest BCUT2D eigenvalue weighted by Crippen LogP contribution is -2.39. The largest absolute Gasteiger partial charge is 0.487 e. The van der Waals surface area contributed by atoms with Crippen LogP contribution in [0.4, 0.5) is 8.78 Å². The predicted octanol–water partition coefficient (Wildman–Crippen LogP) is 5.81. The third-order valence-corrected chi connectivity index (χ3v) is 7.93. The Bertz CT molecular complexity index is 1710. The smallest absolute Gasteiger partial charge is 0.337 e. The summed E-state index contributed by atoms with van der Waals surface area (Å²) >= 11 is 0. The first-order valence-electron chi connectivity index (χ1n) is 15.4. The first-order valence-corrected chi connectivity index (χ1v) is 15.4. The Morgan fingerprint density at radius 1 is 1.07 bits per heavy atom. The number of likely N-dealkylation sites (tertiary alicyclic amines) is 1. The van der Waals surface area contributed by atoms with Gasteiger partial charge in [0.05, 0.1) is 66.4 Å². The molecule has 0 bridgehead atoms. The van der Waals surface area contributed by atoms with E-state index in [4.69, 9.17) is 29.2 Å². The molecule has 4 aromatic rings. The Labute approximate surface area is 266 Å². The number of imidazole rings is 1. The Morgan fingerprint density at radius 3 is 2.52 bits per heavy atom. The Kier molecular flexibility index (Phi) is 10.8. The maximum absolute atomic E-state index is 14.6. The van der Waals surface area contributed by atoms with Gasteiger partial charge in [-0.25, -0.2) is 18.6 Å². The molecule has 12 heteroatoms. The summed E-state index contributed by atoms with van der Waals surface area (Å²) in [6, 6.07) is 12.6. The van der Waals surface area contributed by atoms with E-state index >= 15 is 0 Å². The summed E-state index contributed by atoms with van der Waals surface area (Å²) in [5.74, 6) is -0.705. The molecule has 0 radical (unpaired) electrons. The second-order valence-corrected chi connectivity index (χ2v) is 10.9. The lowest BCUT2D eigenvalue weighted by Gasteiger charge is -2.32. The number of piperidine rings is 1. The molecule has 0 amide bonds. The molecule has 0 spiro atoms. The molecular weight excluding hydrogens is 596 g/mol. The van der Waals surface area contributed by atoms with E-state index in [1.165, 1.54) is 25.3 Å². The van der Waals surface area contributed by atoms with Crippen molar-refractivity contribution in [3.8, 4) is 17.6 Å². The van der Waals surface area contributed by atoms with Crippen molar-refractivity contribution in [2.24, 2.45) is 0 Å². The van der Waals surface area contributed by atoms with Crippen molar-refractivity contribution in [3.05, 3.63) is 82.9 Å². The summed E-state index contributed by atoms with van der Waals surface area (Å²) in [5.41, 5.74) is 2.71. The van der Waals surface area contributed by atoms with Crippen molar-refractivity contribution in [3.63, 3.8) is 0 Å². The highest BCUT2D eigenvalue weighted by Crippen LogP contribution is 2.27. The van der Waals surface area contributed by atoms with Gasteiger partial charge in [0.15, 0.2) is 23.1 Å². The van der Waals surface area contributed by atoms with Gasteiger partial charge in [-0.1, -0.05) is 13.8 Å². The molecule has 0 aliphatic carbocycles. The first kappa shape index (κ1) is 32.8. The molecule has 10 nitrogen and oxygen atoms in total. The van der Waals surface area contributed by atoms with Crippen LogP contribution in [0.15, 0.2) is 48.7 Å². The van der Waals surface area contributed by atoms with Crippen molar-refractivity contribution >= 4 is 17.0 Å². The maximum Gasteiger partial charge on any atom is 0.337 e. The van der Waals surface area contributed by atoms with Crippen LogP contribution in [0.25, 0.3) is 11.0 Å². The molecular formula is C34H37F2N5O5. The number of carbonyl (C=O) groups is 1. The Balaban J connectivity index is 0.00000204. The van der Waals surface area contributed by atoms with Crippen LogP contribution in [0.3, 0.4) is 0 Å². The first-order chi connectivity index (χ1) is 22.4. The highest BCUT2D eigenvalue weighted by molar-refractivity contribution is 5.93. The molecule has 2 aromatic heterocycles.